The molecule has 0 aliphatic heterocycles. The molecule has 0 saturated heterocycles. The van der Waals surface area contributed by atoms with Gasteiger partial charge in [0.25, 0.3) is 0 Å². The van der Waals surface area contributed by atoms with Gasteiger partial charge in [-0.2, -0.15) is 0 Å². The van der Waals surface area contributed by atoms with Crippen LogP contribution >= 0.6 is 23.2 Å². The minimum atomic E-state index is -0.531. The molecule has 2 N–H and O–H groups in total. The Balaban J connectivity index is 2.84. The van der Waals surface area contributed by atoms with Gasteiger partial charge >= 0.3 is 0 Å². The van der Waals surface area contributed by atoms with Gasteiger partial charge in [0, 0.05) is 22.2 Å². The van der Waals surface area contributed by atoms with Gasteiger partial charge in [0.1, 0.15) is 5.82 Å². The third-order valence-corrected chi connectivity index (χ3v) is 3.62. The summed E-state index contributed by atoms with van der Waals surface area (Å²) in [6.45, 7) is 9.23. The van der Waals surface area contributed by atoms with Gasteiger partial charge in [-0.1, -0.05) is 23.2 Å². The lowest BCUT2D eigenvalue weighted by molar-refractivity contribution is -0.124. The van der Waals surface area contributed by atoms with Crippen molar-refractivity contribution in [1.82, 2.24) is 10.6 Å². The van der Waals surface area contributed by atoms with Crippen LogP contribution in [0, 0.1) is 5.82 Å². The molecular formula is C15H21Cl2FN2O. The minimum Gasteiger partial charge on any atom is -0.350 e. The van der Waals surface area contributed by atoms with Gasteiger partial charge in [0.2, 0.25) is 5.91 Å². The first-order chi connectivity index (χ1) is 9.53. The summed E-state index contributed by atoms with van der Waals surface area (Å²) in [4.78, 5) is 12.0. The molecule has 1 rings (SSSR count). The number of benzene rings is 1. The average molecular weight is 335 g/mol. The molecule has 0 aliphatic rings. The van der Waals surface area contributed by atoms with Crippen LogP contribution in [0.4, 0.5) is 4.39 Å². The number of carbonyl (C=O) groups excluding carboxylic acids is 1. The molecule has 1 aromatic carbocycles. The van der Waals surface area contributed by atoms with Crippen LogP contribution in [0.1, 0.15) is 46.2 Å². The molecule has 0 fully saturated rings. The van der Waals surface area contributed by atoms with Crippen LogP contribution in [0.3, 0.4) is 0 Å². The lowest BCUT2D eigenvalue weighted by atomic mass is 10.1. The Hall–Kier alpha value is -0.840. The molecule has 0 radical (unpaired) electrons. The van der Waals surface area contributed by atoms with Crippen LogP contribution in [0.15, 0.2) is 12.1 Å². The summed E-state index contributed by atoms with van der Waals surface area (Å²) in [6.07, 6.45) is 0. The van der Waals surface area contributed by atoms with Crippen LogP contribution in [-0.4, -0.2) is 17.5 Å². The maximum Gasteiger partial charge on any atom is 0.237 e. The van der Waals surface area contributed by atoms with Gasteiger partial charge in [-0.3, -0.25) is 10.1 Å². The summed E-state index contributed by atoms with van der Waals surface area (Å²) in [5, 5.41) is 6.30. The molecule has 0 aromatic heterocycles. The summed E-state index contributed by atoms with van der Waals surface area (Å²) in [7, 11) is 0. The molecule has 3 nitrogen and oxygen atoms in total. The first-order valence-corrected chi connectivity index (χ1v) is 7.50. The Morgan fingerprint density at radius 1 is 1.24 bits per heavy atom. The van der Waals surface area contributed by atoms with Crippen molar-refractivity contribution in [2.75, 3.05) is 0 Å². The second-order valence-electron chi connectivity index (χ2n) is 6.11. The van der Waals surface area contributed by atoms with Crippen molar-refractivity contribution in [1.29, 1.82) is 0 Å². The number of nitrogens with one attached hydrogen (secondary N) is 2. The number of hydrogen-bond donors (Lipinski definition) is 2. The fraction of sp³-hybridized carbons (Fsp3) is 0.533. The third kappa shape index (κ3) is 5.13. The van der Waals surface area contributed by atoms with Crippen molar-refractivity contribution in [2.24, 2.45) is 0 Å². The minimum absolute atomic E-state index is 0.0223. The highest BCUT2D eigenvalue weighted by Gasteiger charge is 2.23. The van der Waals surface area contributed by atoms with Crippen LogP contribution in [0.25, 0.3) is 0 Å². The van der Waals surface area contributed by atoms with Crippen LogP contribution in [0.5, 0.6) is 0 Å². The van der Waals surface area contributed by atoms with E-state index >= 15 is 0 Å². The fourth-order valence-corrected chi connectivity index (χ4v) is 2.65. The van der Waals surface area contributed by atoms with E-state index in [0.29, 0.717) is 10.6 Å². The molecule has 0 bridgehead atoms. The Morgan fingerprint density at radius 3 is 2.33 bits per heavy atom. The van der Waals surface area contributed by atoms with Gasteiger partial charge in [0.15, 0.2) is 0 Å². The maximum absolute atomic E-state index is 13.5. The van der Waals surface area contributed by atoms with E-state index < -0.39 is 11.9 Å². The van der Waals surface area contributed by atoms with Gasteiger partial charge in [-0.25, -0.2) is 4.39 Å². The van der Waals surface area contributed by atoms with E-state index in [1.807, 2.05) is 20.8 Å². The normalized spacial score (nSPS) is 14.7. The summed E-state index contributed by atoms with van der Waals surface area (Å²) >= 11 is 12.0. The van der Waals surface area contributed by atoms with E-state index in [1.165, 1.54) is 12.1 Å². The summed E-state index contributed by atoms with van der Waals surface area (Å²) in [6, 6.07) is 1.85. The molecule has 0 heterocycles. The van der Waals surface area contributed by atoms with Crippen molar-refractivity contribution < 1.29 is 9.18 Å². The largest absolute Gasteiger partial charge is 0.350 e. The quantitative estimate of drug-likeness (QED) is 0.814. The smallest absolute Gasteiger partial charge is 0.237 e. The van der Waals surface area contributed by atoms with E-state index in [1.54, 1.807) is 13.8 Å². The number of amides is 1. The molecule has 6 heteroatoms. The lowest BCUT2D eigenvalue weighted by Crippen LogP contribution is -2.50. The van der Waals surface area contributed by atoms with Crippen molar-refractivity contribution in [3.05, 3.63) is 33.6 Å². The van der Waals surface area contributed by atoms with Gasteiger partial charge in [-0.15, -0.1) is 0 Å². The Kier molecular flexibility index (Phi) is 6.02. The second kappa shape index (κ2) is 6.95. The maximum atomic E-state index is 13.5. The summed E-state index contributed by atoms with van der Waals surface area (Å²) < 4.78 is 13.5. The highest BCUT2D eigenvalue weighted by Crippen LogP contribution is 2.32. The first kappa shape index (κ1) is 18.2. The highest BCUT2D eigenvalue weighted by molar-refractivity contribution is 6.36. The van der Waals surface area contributed by atoms with Gasteiger partial charge in [0.05, 0.1) is 11.1 Å². The van der Waals surface area contributed by atoms with Crippen molar-refractivity contribution >= 4 is 29.1 Å². The molecule has 21 heavy (non-hydrogen) atoms. The third-order valence-electron chi connectivity index (χ3n) is 2.90. The predicted molar refractivity (Wildman–Crippen MR) is 85.3 cm³/mol. The number of halogens is 3. The molecule has 2 unspecified atom stereocenters. The predicted octanol–water partition coefficient (Wildman–Crippen LogP) is 4.09. The van der Waals surface area contributed by atoms with E-state index in [-0.39, 0.29) is 22.5 Å². The van der Waals surface area contributed by atoms with Crippen molar-refractivity contribution in [2.45, 2.75) is 52.2 Å². The van der Waals surface area contributed by atoms with E-state index in [4.69, 9.17) is 23.2 Å². The fourth-order valence-electron chi connectivity index (χ4n) is 1.95. The summed E-state index contributed by atoms with van der Waals surface area (Å²) in [5.41, 5.74) is 0.137. The molecule has 2 atom stereocenters. The molecule has 0 saturated carbocycles. The zero-order valence-electron chi connectivity index (χ0n) is 12.9. The molecule has 1 amide bonds. The lowest BCUT2D eigenvalue weighted by Gasteiger charge is -2.26. The molecular weight excluding hydrogens is 314 g/mol. The Bertz CT molecular complexity index is 529. The molecule has 0 aliphatic carbocycles. The van der Waals surface area contributed by atoms with Crippen LogP contribution in [0.2, 0.25) is 10.0 Å². The standard InChI is InChI=1S/C15H21Cl2FN2O/c1-8(12-10(16)6-7-11(18)13(12)17)19-9(2)14(21)20-15(3,4)5/h6-9,19H,1-5H3,(H,20,21). The molecule has 0 spiro atoms. The Labute approximate surface area is 135 Å². The zero-order chi connectivity index (χ0) is 16.4. The SMILES string of the molecule is CC(NC(C)c1c(Cl)ccc(F)c1Cl)C(=O)NC(C)(C)C. The number of carbonyl (C=O) groups is 1. The van der Waals surface area contributed by atoms with E-state index in [0.717, 1.165) is 0 Å². The van der Waals surface area contributed by atoms with E-state index in [9.17, 15) is 9.18 Å². The summed E-state index contributed by atoms with van der Waals surface area (Å²) in [5.74, 6) is -0.672. The van der Waals surface area contributed by atoms with Crippen LogP contribution < -0.4 is 10.6 Å². The van der Waals surface area contributed by atoms with Crippen molar-refractivity contribution in [3.8, 4) is 0 Å². The van der Waals surface area contributed by atoms with Gasteiger partial charge in [-0.05, 0) is 46.8 Å². The van der Waals surface area contributed by atoms with E-state index in [2.05, 4.69) is 10.6 Å². The second-order valence-corrected chi connectivity index (χ2v) is 6.89. The Morgan fingerprint density at radius 2 is 1.81 bits per heavy atom. The number of rotatable bonds is 4. The monoisotopic (exact) mass is 334 g/mol. The molecule has 118 valence electrons. The van der Waals surface area contributed by atoms with Gasteiger partial charge < -0.3 is 5.32 Å². The first-order valence-electron chi connectivity index (χ1n) is 6.74. The highest BCUT2D eigenvalue weighted by atomic mass is 35.5. The topological polar surface area (TPSA) is 41.1 Å². The average Bonchev–Trinajstić information content (AvgIpc) is 2.32. The van der Waals surface area contributed by atoms with Crippen LogP contribution in [-0.2, 0) is 4.79 Å². The number of hydrogen-bond acceptors (Lipinski definition) is 2. The molecule has 1 aromatic rings. The zero-order valence-corrected chi connectivity index (χ0v) is 14.4. The van der Waals surface area contributed by atoms with Crippen molar-refractivity contribution in [3.63, 3.8) is 0 Å².